The van der Waals surface area contributed by atoms with Crippen molar-refractivity contribution in [2.45, 2.75) is 71.1 Å². The standard InChI is InChI=1S/C17H29N3O/c1-13(2)9-18-10-14-7-8-15(21-14)11-20-12-19-16-5-3-4-6-17(16)20/h12-15,18H,3-11H2,1-2H3. The zero-order chi connectivity index (χ0) is 14.7. The Labute approximate surface area is 128 Å². The highest BCUT2D eigenvalue weighted by Gasteiger charge is 2.26. The first-order chi connectivity index (χ1) is 10.2. The number of imidazole rings is 1. The molecule has 1 aliphatic carbocycles. The second-order valence-corrected chi connectivity index (χ2v) is 7.01. The molecule has 1 saturated heterocycles. The highest BCUT2D eigenvalue weighted by atomic mass is 16.5. The minimum absolute atomic E-state index is 0.371. The molecule has 4 heteroatoms. The normalized spacial score (nSPS) is 25.5. The Morgan fingerprint density at radius 3 is 2.95 bits per heavy atom. The van der Waals surface area contributed by atoms with Gasteiger partial charge in [-0.05, 0) is 51.0 Å². The predicted octanol–water partition coefficient (Wildman–Crippen LogP) is 2.56. The maximum Gasteiger partial charge on any atom is 0.0952 e. The molecule has 0 bridgehead atoms. The summed E-state index contributed by atoms with van der Waals surface area (Å²) in [6.07, 6.45) is 10.1. The van der Waals surface area contributed by atoms with E-state index in [1.165, 1.54) is 43.5 Å². The molecule has 2 aliphatic rings. The van der Waals surface area contributed by atoms with E-state index >= 15 is 0 Å². The molecule has 118 valence electrons. The van der Waals surface area contributed by atoms with Gasteiger partial charge in [0.15, 0.2) is 0 Å². The molecule has 1 fully saturated rings. The fourth-order valence-electron chi connectivity index (χ4n) is 3.51. The average Bonchev–Trinajstić information content (AvgIpc) is 3.07. The van der Waals surface area contributed by atoms with Gasteiger partial charge in [-0.1, -0.05) is 13.8 Å². The zero-order valence-electron chi connectivity index (χ0n) is 13.5. The van der Waals surface area contributed by atoms with Gasteiger partial charge in [0.2, 0.25) is 0 Å². The summed E-state index contributed by atoms with van der Waals surface area (Å²) in [5.41, 5.74) is 2.79. The Hall–Kier alpha value is -0.870. The third-order valence-corrected chi connectivity index (χ3v) is 4.63. The van der Waals surface area contributed by atoms with Crippen LogP contribution in [0, 0.1) is 5.92 Å². The topological polar surface area (TPSA) is 39.1 Å². The molecule has 1 aromatic rings. The highest BCUT2D eigenvalue weighted by Crippen LogP contribution is 2.24. The lowest BCUT2D eigenvalue weighted by Gasteiger charge is -2.18. The molecule has 0 aromatic carbocycles. The van der Waals surface area contributed by atoms with Crippen molar-refractivity contribution in [1.29, 1.82) is 0 Å². The molecule has 3 rings (SSSR count). The first-order valence-electron chi connectivity index (χ1n) is 8.61. The van der Waals surface area contributed by atoms with E-state index in [-0.39, 0.29) is 0 Å². The van der Waals surface area contributed by atoms with Crippen LogP contribution in [0.4, 0.5) is 0 Å². The zero-order valence-corrected chi connectivity index (χ0v) is 13.5. The van der Waals surface area contributed by atoms with Gasteiger partial charge in [0.25, 0.3) is 0 Å². The number of hydrogen-bond acceptors (Lipinski definition) is 3. The van der Waals surface area contributed by atoms with Crippen LogP contribution in [0.5, 0.6) is 0 Å². The van der Waals surface area contributed by atoms with Crippen LogP contribution in [-0.2, 0) is 24.1 Å². The van der Waals surface area contributed by atoms with Crippen molar-refractivity contribution in [3.8, 4) is 0 Å². The van der Waals surface area contributed by atoms with E-state index < -0.39 is 0 Å². The largest absolute Gasteiger partial charge is 0.372 e. The highest BCUT2D eigenvalue weighted by molar-refractivity contribution is 5.16. The first kappa shape index (κ1) is 15.0. The summed E-state index contributed by atoms with van der Waals surface area (Å²) in [5, 5.41) is 3.51. The third kappa shape index (κ3) is 3.86. The maximum absolute atomic E-state index is 6.20. The fraction of sp³-hybridized carbons (Fsp3) is 0.824. The molecule has 2 atom stereocenters. The van der Waals surface area contributed by atoms with Crippen LogP contribution in [0.25, 0.3) is 0 Å². The molecule has 2 heterocycles. The van der Waals surface area contributed by atoms with Gasteiger partial charge in [0, 0.05) is 12.2 Å². The average molecular weight is 291 g/mol. The number of nitrogens with zero attached hydrogens (tertiary/aromatic N) is 2. The molecule has 4 nitrogen and oxygen atoms in total. The Morgan fingerprint density at radius 2 is 2.10 bits per heavy atom. The van der Waals surface area contributed by atoms with Gasteiger partial charge in [0.05, 0.1) is 30.8 Å². The number of aromatic nitrogens is 2. The van der Waals surface area contributed by atoms with Gasteiger partial charge in [-0.3, -0.25) is 0 Å². The third-order valence-electron chi connectivity index (χ3n) is 4.63. The molecule has 1 aromatic heterocycles. The summed E-state index contributed by atoms with van der Waals surface area (Å²) in [4.78, 5) is 4.58. The van der Waals surface area contributed by atoms with Crippen LogP contribution < -0.4 is 5.32 Å². The maximum atomic E-state index is 6.20. The Bertz CT molecular complexity index is 455. The van der Waals surface area contributed by atoms with E-state index in [0.29, 0.717) is 18.1 Å². The number of fused-ring (bicyclic) bond motifs is 1. The smallest absolute Gasteiger partial charge is 0.0952 e. The molecular weight excluding hydrogens is 262 g/mol. The molecule has 21 heavy (non-hydrogen) atoms. The lowest BCUT2D eigenvalue weighted by Crippen LogP contribution is -2.30. The number of aryl methyl sites for hydroxylation is 1. The first-order valence-corrected chi connectivity index (χ1v) is 8.61. The van der Waals surface area contributed by atoms with Crippen molar-refractivity contribution in [3.05, 3.63) is 17.7 Å². The monoisotopic (exact) mass is 291 g/mol. The van der Waals surface area contributed by atoms with Gasteiger partial charge in [-0.2, -0.15) is 0 Å². The van der Waals surface area contributed by atoms with Crippen LogP contribution in [0.3, 0.4) is 0 Å². The Morgan fingerprint density at radius 1 is 1.29 bits per heavy atom. The summed E-state index contributed by atoms with van der Waals surface area (Å²) >= 11 is 0. The summed E-state index contributed by atoms with van der Waals surface area (Å²) in [6.45, 7) is 7.56. The van der Waals surface area contributed by atoms with Crippen molar-refractivity contribution in [3.63, 3.8) is 0 Å². The van der Waals surface area contributed by atoms with E-state index in [1.54, 1.807) is 0 Å². The summed E-state index contributed by atoms with van der Waals surface area (Å²) in [5.74, 6) is 0.708. The van der Waals surface area contributed by atoms with Gasteiger partial charge in [-0.25, -0.2) is 4.98 Å². The molecule has 0 saturated carbocycles. The van der Waals surface area contributed by atoms with Gasteiger partial charge in [-0.15, -0.1) is 0 Å². The molecule has 0 spiro atoms. The van der Waals surface area contributed by atoms with Crippen molar-refractivity contribution in [2.24, 2.45) is 5.92 Å². The minimum atomic E-state index is 0.371. The number of hydrogen-bond donors (Lipinski definition) is 1. The lowest BCUT2D eigenvalue weighted by molar-refractivity contribution is 0.0354. The fourth-order valence-corrected chi connectivity index (χ4v) is 3.51. The van der Waals surface area contributed by atoms with Crippen LogP contribution in [0.2, 0.25) is 0 Å². The van der Waals surface area contributed by atoms with Gasteiger partial charge in [0.1, 0.15) is 0 Å². The van der Waals surface area contributed by atoms with E-state index in [0.717, 1.165) is 26.1 Å². The Balaban J connectivity index is 1.47. The summed E-state index contributed by atoms with van der Waals surface area (Å²) in [6, 6.07) is 0. The van der Waals surface area contributed by atoms with Gasteiger partial charge >= 0.3 is 0 Å². The van der Waals surface area contributed by atoms with Crippen molar-refractivity contribution in [2.75, 3.05) is 13.1 Å². The van der Waals surface area contributed by atoms with Crippen molar-refractivity contribution >= 4 is 0 Å². The molecule has 1 N–H and O–H groups in total. The number of rotatable bonds is 6. The molecular formula is C17H29N3O. The molecule has 0 amide bonds. The SMILES string of the molecule is CC(C)CNCC1CCC(Cn2cnc3c2CCCC3)O1. The summed E-state index contributed by atoms with van der Waals surface area (Å²) in [7, 11) is 0. The number of ether oxygens (including phenoxy) is 1. The second kappa shape index (κ2) is 6.93. The predicted molar refractivity (Wildman–Crippen MR) is 84.5 cm³/mol. The molecule has 1 aliphatic heterocycles. The van der Waals surface area contributed by atoms with Crippen molar-refractivity contribution < 1.29 is 4.74 Å². The molecule has 2 unspecified atom stereocenters. The summed E-state index contributed by atoms with van der Waals surface area (Å²) < 4.78 is 8.55. The number of nitrogens with one attached hydrogen (secondary N) is 1. The van der Waals surface area contributed by atoms with Crippen LogP contribution >= 0.6 is 0 Å². The van der Waals surface area contributed by atoms with E-state index in [1.807, 2.05) is 6.33 Å². The van der Waals surface area contributed by atoms with E-state index in [2.05, 4.69) is 28.7 Å². The van der Waals surface area contributed by atoms with Crippen molar-refractivity contribution in [1.82, 2.24) is 14.9 Å². The van der Waals surface area contributed by atoms with Crippen LogP contribution in [0.15, 0.2) is 6.33 Å². The van der Waals surface area contributed by atoms with Crippen LogP contribution in [-0.4, -0.2) is 34.8 Å². The van der Waals surface area contributed by atoms with Gasteiger partial charge < -0.3 is 14.6 Å². The molecule has 0 radical (unpaired) electrons. The van der Waals surface area contributed by atoms with E-state index in [9.17, 15) is 0 Å². The quantitative estimate of drug-likeness (QED) is 0.875. The Kier molecular flexibility index (Phi) is 4.96. The van der Waals surface area contributed by atoms with E-state index in [4.69, 9.17) is 4.74 Å². The minimum Gasteiger partial charge on any atom is -0.372 e. The lowest BCUT2D eigenvalue weighted by atomic mass is 10.0. The second-order valence-electron chi connectivity index (χ2n) is 7.01. The van der Waals surface area contributed by atoms with Crippen LogP contribution in [0.1, 0.15) is 50.9 Å².